The fraction of sp³-hybridized carbons (Fsp3) is 0.240. The van der Waals surface area contributed by atoms with Crippen LogP contribution in [0.1, 0.15) is 51.6 Å². The molecule has 1 N–H and O–H groups in total. The van der Waals surface area contributed by atoms with Crippen molar-refractivity contribution in [1.82, 2.24) is 15.3 Å². The average molecular weight is 397 g/mol. The highest BCUT2D eigenvalue weighted by Gasteiger charge is 2.24. The minimum Gasteiger partial charge on any atom is -0.457 e. The molecule has 2 heterocycles. The van der Waals surface area contributed by atoms with Gasteiger partial charge in [-0.1, -0.05) is 60.7 Å². The lowest BCUT2D eigenvalue weighted by Crippen LogP contribution is -2.25. The van der Waals surface area contributed by atoms with Crippen LogP contribution in [0.4, 0.5) is 0 Å². The fourth-order valence-corrected chi connectivity index (χ4v) is 4.04. The Balaban J connectivity index is 1.52. The van der Waals surface area contributed by atoms with Gasteiger partial charge in [-0.3, -0.25) is 4.79 Å². The minimum atomic E-state index is -0.263. The number of nitrogens with zero attached hydrogens (tertiary/aromatic N) is 2. The van der Waals surface area contributed by atoms with Crippen molar-refractivity contribution in [1.29, 1.82) is 0 Å². The summed E-state index contributed by atoms with van der Waals surface area (Å²) in [5.41, 5.74) is 5.61. The largest absolute Gasteiger partial charge is 0.457 e. The molecular weight excluding hydrogens is 374 g/mol. The third kappa shape index (κ3) is 3.71. The number of amides is 1. The first-order chi connectivity index (χ1) is 14.8. The van der Waals surface area contributed by atoms with Crippen LogP contribution in [0.3, 0.4) is 0 Å². The first kappa shape index (κ1) is 18.6. The molecule has 1 aliphatic rings. The lowest BCUT2D eigenvalue weighted by molar-refractivity contribution is 0.0940. The van der Waals surface area contributed by atoms with E-state index in [0.717, 1.165) is 64.9 Å². The average Bonchev–Trinajstić information content (AvgIpc) is 3.18. The lowest BCUT2D eigenvalue weighted by atomic mass is 9.97. The van der Waals surface area contributed by atoms with Crippen molar-refractivity contribution in [2.45, 2.75) is 38.6 Å². The summed E-state index contributed by atoms with van der Waals surface area (Å²) in [7, 11) is 0. The molecule has 5 heteroatoms. The van der Waals surface area contributed by atoms with Crippen LogP contribution in [-0.2, 0) is 25.8 Å². The Kier molecular flexibility index (Phi) is 5.01. The van der Waals surface area contributed by atoms with Gasteiger partial charge in [0.25, 0.3) is 5.91 Å². The molecule has 5 nitrogen and oxygen atoms in total. The zero-order valence-corrected chi connectivity index (χ0v) is 16.7. The summed E-state index contributed by atoms with van der Waals surface area (Å²) < 4.78 is 6.20. The molecule has 150 valence electrons. The number of hydrogen-bond acceptors (Lipinski definition) is 4. The zero-order chi connectivity index (χ0) is 20.3. The van der Waals surface area contributed by atoms with Crippen LogP contribution in [0.15, 0.2) is 65.1 Å². The summed E-state index contributed by atoms with van der Waals surface area (Å²) in [5.74, 6) is 0.945. The predicted octanol–water partition coefficient (Wildman–Crippen LogP) is 4.62. The zero-order valence-electron chi connectivity index (χ0n) is 16.7. The number of rotatable bonds is 5. The normalized spacial score (nSPS) is 13.2. The lowest BCUT2D eigenvalue weighted by Gasteiger charge is -2.09. The van der Waals surface area contributed by atoms with Crippen molar-refractivity contribution in [3.8, 4) is 0 Å². The molecule has 0 unspecified atom stereocenters. The quantitative estimate of drug-likeness (QED) is 0.533. The van der Waals surface area contributed by atoms with E-state index in [1.807, 2.05) is 48.5 Å². The summed E-state index contributed by atoms with van der Waals surface area (Å²) >= 11 is 0. The van der Waals surface area contributed by atoms with Crippen molar-refractivity contribution < 1.29 is 9.21 Å². The Bertz CT molecular complexity index is 1180. The maximum atomic E-state index is 12.9. The first-order valence-electron chi connectivity index (χ1n) is 10.4. The van der Waals surface area contributed by atoms with Crippen LogP contribution in [0, 0.1) is 0 Å². The molecule has 5 rings (SSSR count). The number of hydrogen-bond donors (Lipinski definition) is 1. The van der Waals surface area contributed by atoms with Crippen molar-refractivity contribution >= 4 is 17.0 Å². The Morgan fingerprint density at radius 1 is 0.900 bits per heavy atom. The van der Waals surface area contributed by atoms with Gasteiger partial charge in [0.05, 0.1) is 5.69 Å². The van der Waals surface area contributed by atoms with E-state index in [0.29, 0.717) is 13.0 Å². The summed E-state index contributed by atoms with van der Waals surface area (Å²) in [5, 5.41) is 2.95. The van der Waals surface area contributed by atoms with Crippen LogP contribution in [0.25, 0.3) is 11.1 Å². The summed E-state index contributed by atoms with van der Waals surface area (Å²) in [6, 6.07) is 20.0. The van der Waals surface area contributed by atoms with E-state index in [1.165, 1.54) is 0 Å². The van der Waals surface area contributed by atoms with Crippen molar-refractivity contribution in [2.75, 3.05) is 0 Å². The van der Waals surface area contributed by atoms with E-state index in [2.05, 4.69) is 27.4 Å². The molecule has 0 atom stereocenters. The van der Waals surface area contributed by atoms with Gasteiger partial charge in [-0.25, -0.2) is 9.97 Å². The third-order valence-corrected chi connectivity index (χ3v) is 5.58. The number of fused-ring (bicyclic) bond motifs is 3. The van der Waals surface area contributed by atoms with Crippen LogP contribution in [-0.4, -0.2) is 15.9 Å². The van der Waals surface area contributed by atoms with Gasteiger partial charge in [0.2, 0.25) is 5.82 Å². The number of carbonyl (C=O) groups excluding carboxylic acids is 1. The maximum Gasteiger partial charge on any atom is 0.289 e. The van der Waals surface area contributed by atoms with Gasteiger partial charge in [-0.15, -0.1) is 0 Å². The minimum absolute atomic E-state index is 0.207. The number of aromatic nitrogens is 2. The number of furan rings is 1. The smallest absolute Gasteiger partial charge is 0.289 e. The van der Waals surface area contributed by atoms with Crippen molar-refractivity contribution in [2.24, 2.45) is 0 Å². The molecule has 1 aliphatic carbocycles. The van der Waals surface area contributed by atoms with Crippen LogP contribution >= 0.6 is 0 Å². The molecule has 0 aliphatic heterocycles. The third-order valence-electron chi connectivity index (χ3n) is 5.58. The topological polar surface area (TPSA) is 68.0 Å². The maximum absolute atomic E-state index is 12.9. The van der Waals surface area contributed by atoms with Gasteiger partial charge in [-0.2, -0.15) is 0 Å². The number of aryl methyl sites for hydroxylation is 2. The van der Waals surface area contributed by atoms with Crippen LogP contribution in [0.5, 0.6) is 0 Å². The second kappa shape index (κ2) is 8.11. The number of benzene rings is 2. The predicted molar refractivity (Wildman–Crippen MR) is 115 cm³/mol. The molecule has 0 saturated carbocycles. The van der Waals surface area contributed by atoms with Gasteiger partial charge < -0.3 is 9.73 Å². The molecule has 1 amide bonds. The Hall–Kier alpha value is -3.47. The van der Waals surface area contributed by atoms with Crippen molar-refractivity contribution in [3.05, 3.63) is 94.6 Å². The highest BCUT2D eigenvalue weighted by molar-refractivity contribution is 5.93. The number of nitrogens with one attached hydrogen (secondary N) is 1. The van der Waals surface area contributed by atoms with Crippen LogP contribution in [0.2, 0.25) is 0 Å². The van der Waals surface area contributed by atoms with Gasteiger partial charge in [0.15, 0.2) is 5.58 Å². The Morgan fingerprint density at radius 2 is 1.60 bits per heavy atom. The molecule has 0 saturated heterocycles. The van der Waals surface area contributed by atoms with Gasteiger partial charge in [-0.05, 0) is 30.4 Å². The van der Waals surface area contributed by atoms with E-state index in [4.69, 9.17) is 4.42 Å². The van der Waals surface area contributed by atoms with E-state index < -0.39 is 0 Å². The monoisotopic (exact) mass is 397 g/mol. The van der Waals surface area contributed by atoms with Crippen molar-refractivity contribution in [3.63, 3.8) is 0 Å². The van der Waals surface area contributed by atoms with E-state index in [-0.39, 0.29) is 11.7 Å². The van der Waals surface area contributed by atoms with E-state index in [1.54, 1.807) is 0 Å². The second-order valence-electron chi connectivity index (χ2n) is 7.71. The standard InChI is InChI=1S/C25H23N3O2/c29-25(26-16-18-11-5-2-6-12-18)24-27-20(15-17-9-3-1-4-10-17)23-22(28-24)19-13-7-8-14-21(19)30-23/h1-6,9-12H,7-8,13-16H2,(H,26,29). The van der Waals surface area contributed by atoms with Gasteiger partial charge in [0, 0.05) is 24.9 Å². The molecule has 2 aromatic carbocycles. The summed E-state index contributed by atoms with van der Waals surface area (Å²) in [6.07, 6.45) is 4.71. The molecule has 0 bridgehead atoms. The van der Waals surface area contributed by atoms with Gasteiger partial charge >= 0.3 is 0 Å². The van der Waals surface area contributed by atoms with E-state index >= 15 is 0 Å². The van der Waals surface area contributed by atoms with E-state index in [9.17, 15) is 4.79 Å². The van der Waals surface area contributed by atoms with Crippen LogP contribution < -0.4 is 5.32 Å². The molecule has 4 aromatic rings. The number of carbonyl (C=O) groups is 1. The summed E-state index contributed by atoms with van der Waals surface area (Å²) in [6.45, 7) is 0.443. The highest BCUT2D eigenvalue weighted by atomic mass is 16.3. The fourth-order valence-electron chi connectivity index (χ4n) is 4.04. The molecule has 2 aromatic heterocycles. The SMILES string of the molecule is O=C(NCc1ccccc1)c1nc(Cc2ccccc2)c2oc3c(c2n1)CCCC3. The molecule has 30 heavy (non-hydrogen) atoms. The first-order valence-corrected chi connectivity index (χ1v) is 10.4. The Morgan fingerprint density at radius 3 is 2.37 bits per heavy atom. The second-order valence-corrected chi connectivity index (χ2v) is 7.71. The Labute approximate surface area is 175 Å². The highest BCUT2D eigenvalue weighted by Crippen LogP contribution is 2.32. The molecular formula is C25H23N3O2. The molecule has 0 spiro atoms. The molecule has 0 radical (unpaired) electrons. The van der Waals surface area contributed by atoms with Gasteiger partial charge in [0.1, 0.15) is 11.3 Å². The molecule has 0 fully saturated rings. The summed E-state index contributed by atoms with van der Waals surface area (Å²) in [4.78, 5) is 22.2.